The van der Waals surface area contributed by atoms with Crippen molar-refractivity contribution in [3.63, 3.8) is 0 Å². The third kappa shape index (κ3) is 6.00. The number of benzene rings is 1. The average molecular weight is 372 g/mol. The van der Waals surface area contributed by atoms with E-state index in [1.165, 1.54) is 0 Å². The Balaban J connectivity index is 0.00000288. The molecule has 134 valence electrons. The Morgan fingerprint density at radius 3 is 2.71 bits per heavy atom. The maximum Gasteiger partial charge on any atom is 0.251 e. The Hall–Kier alpha value is -1.24. The highest BCUT2D eigenvalue weighted by Gasteiger charge is 2.28. The molecule has 1 aliphatic heterocycles. The molecule has 2 atom stereocenters. The summed E-state index contributed by atoms with van der Waals surface area (Å²) >= 11 is 1.68. The first kappa shape index (κ1) is 20.8. The topological polar surface area (TPSA) is 61.4 Å². The van der Waals surface area contributed by atoms with Crippen molar-refractivity contribution in [1.82, 2.24) is 15.5 Å². The zero-order valence-corrected chi connectivity index (χ0v) is 15.8. The molecule has 1 aromatic rings. The van der Waals surface area contributed by atoms with Gasteiger partial charge in [0, 0.05) is 31.2 Å². The molecule has 1 saturated heterocycles. The maximum atomic E-state index is 12.8. The molecule has 2 rings (SSSR count). The molecular formula is C17H26ClN3O2S. The van der Waals surface area contributed by atoms with Gasteiger partial charge in [-0.15, -0.1) is 12.4 Å². The van der Waals surface area contributed by atoms with E-state index in [-0.39, 0.29) is 24.2 Å². The lowest BCUT2D eigenvalue weighted by Crippen LogP contribution is -2.56. The number of halogens is 1. The number of carbonyl (C=O) groups is 2. The van der Waals surface area contributed by atoms with Gasteiger partial charge in [-0.1, -0.05) is 18.2 Å². The van der Waals surface area contributed by atoms with Crippen molar-refractivity contribution in [2.24, 2.45) is 0 Å². The van der Waals surface area contributed by atoms with E-state index in [0.29, 0.717) is 31.1 Å². The second-order valence-electron chi connectivity index (χ2n) is 5.81. The summed E-state index contributed by atoms with van der Waals surface area (Å²) in [6.45, 7) is 4.25. The van der Waals surface area contributed by atoms with Crippen LogP contribution < -0.4 is 10.6 Å². The highest BCUT2D eigenvalue weighted by molar-refractivity contribution is 7.98. The lowest BCUT2D eigenvalue weighted by atomic mass is 10.1. The standard InChI is InChI=1S/C17H25N3O2S.ClH/c1-13-12-20(10-9-18-13)17(22)15(8-11-23-2)19-16(21)14-6-4-3-5-7-14;/h3-7,13,15,18H,8-12H2,1-2H3,(H,19,21);1H. The molecule has 1 fully saturated rings. The Kier molecular flexibility index (Phi) is 9.18. The monoisotopic (exact) mass is 371 g/mol. The molecule has 1 aliphatic rings. The Morgan fingerprint density at radius 1 is 1.38 bits per heavy atom. The molecule has 2 unspecified atom stereocenters. The van der Waals surface area contributed by atoms with E-state index < -0.39 is 6.04 Å². The Bertz CT molecular complexity index is 530. The average Bonchev–Trinajstić information content (AvgIpc) is 2.58. The van der Waals surface area contributed by atoms with Crippen LogP contribution in [0.25, 0.3) is 0 Å². The lowest BCUT2D eigenvalue weighted by Gasteiger charge is -2.34. The van der Waals surface area contributed by atoms with Crippen molar-refractivity contribution >= 4 is 36.0 Å². The predicted molar refractivity (Wildman–Crippen MR) is 102 cm³/mol. The summed E-state index contributed by atoms with van der Waals surface area (Å²) in [6, 6.07) is 8.88. The van der Waals surface area contributed by atoms with Crippen LogP contribution in [0.3, 0.4) is 0 Å². The number of nitrogens with one attached hydrogen (secondary N) is 2. The molecule has 0 saturated carbocycles. The summed E-state index contributed by atoms with van der Waals surface area (Å²) in [5, 5.41) is 6.25. The fourth-order valence-corrected chi connectivity index (χ4v) is 3.15. The van der Waals surface area contributed by atoms with Gasteiger partial charge < -0.3 is 15.5 Å². The molecule has 0 aromatic heterocycles. The van der Waals surface area contributed by atoms with E-state index >= 15 is 0 Å². The van der Waals surface area contributed by atoms with Crippen LogP contribution in [0.4, 0.5) is 0 Å². The summed E-state index contributed by atoms with van der Waals surface area (Å²) < 4.78 is 0. The van der Waals surface area contributed by atoms with E-state index in [4.69, 9.17) is 0 Å². The minimum atomic E-state index is -0.458. The van der Waals surface area contributed by atoms with Crippen molar-refractivity contribution in [1.29, 1.82) is 0 Å². The molecule has 0 aliphatic carbocycles. The third-order valence-corrected chi connectivity index (χ3v) is 4.57. The second kappa shape index (κ2) is 10.6. The first-order valence-corrected chi connectivity index (χ1v) is 9.38. The highest BCUT2D eigenvalue weighted by atomic mass is 35.5. The number of thioether (sulfide) groups is 1. The van der Waals surface area contributed by atoms with E-state index in [1.807, 2.05) is 29.4 Å². The summed E-state index contributed by atoms with van der Waals surface area (Å²) in [5.41, 5.74) is 0.586. The fourth-order valence-electron chi connectivity index (χ4n) is 2.68. The molecule has 5 nitrogen and oxygen atoms in total. The van der Waals surface area contributed by atoms with Gasteiger partial charge in [0.05, 0.1) is 0 Å². The molecule has 1 aromatic carbocycles. The number of amides is 2. The van der Waals surface area contributed by atoms with Crippen LogP contribution in [-0.2, 0) is 4.79 Å². The number of rotatable bonds is 6. The zero-order chi connectivity index (χ0) is 16.7. The summed E-state index contributed by atoms with van der Waals surface area (Å²) in [5.74, 6) is 0.678. The van der Waals surface area contributed by atoms with Gasteiger partial charge in [-0.2, -0.15) is 11.8 Å². The minimum absolute atomic E-state index is 0. The van der Waals surface area contributed by atoms with Crippen LogP contribution in [0.2, 0.25) is 0 Å². The molecule has 2 amide bonds. The summed E-state index contributed by atoms with van der Waals surface area (Å²) in [6.07, 6.45) is 2.66. The van der Waals surface area contributed by atoms with Gasteiger partial charge in [0.25, 0.3) is 5.91 Å². The SMILES string of the molecule is CSCCC(NC(=O)c1ccccc1)C(=O)N1CCNC(C)C1.Cl. The summed E-state index contributed by atoms with van der Waals surface area (Å²) in [4.78, 5) is 27.0. The molecule has 0 spiro atoms. The molecule has 1 heterocycles. The maximum absolute atomic E-state index is 12.8. The van der Waals surface area contributed by atoms with E-state index in [2.05, 4.69) is 17.6 Å². The van der Waals surface area contributed by atoms with Gasteiger partial charge in [0.2, 0.25) is 5.91 Å². The number of piperazine rings is 1. The smallest absolute Gasteiger partial charge is 0.251 e. The molecule has 24 heavy (non-hydrogen) atoms. The predicted octanol–water partition coefficient (Wildman–Crippen LogP) is 1.78. The van der Waals surface area contributed by atoms with Gasteiger partial charge >= 0.3 is 0 Å². The molecule has 2 N–H and O–H groups in total. The molecular weight excluding hydrogens is 346 g/mol. The van der Waals surface area contributed by atoms with Crippen LogP contribution in [0.5, 0.6) is 0 Å². The van der Waals surface area contributed by atoms with Gasteiger partial charge in [0.15, 0.2) is 0 Å². The highest BCUT2D eigenvalue weighted by Crippen LogP contribution is 2.09. The van der Waals surface area contributed by atoms with Crippen LogP contribution in [0.15, 0.2) is 30.3 Å². The molecule has 0 radical (unpaired) electrons. The Labute approximate surface area is 154 Å². The number of hydrogen-bond acceptors (Lipinski definition) is 4. The normalized spacial score (nSPS) is 18.4. The minimum Gasteiger partial charge on any atom is -0.340 e. The zero-order valence-electron chi connectivity index (χ0n) is 14.2. The largest absolute Gasteiger partial charge is 0.340 e. The van der Waals surface area contributed by atoms with E-state index in [0.717, 1.165) is 12.3 Å². The second-order valence-corrected chi connectivity index (χ2v) is 6.80. The van der Waals surface area contributed by atoms with Gasteiger partial charge in [-0.05, 0) is 37.5 Å². The summed E-state index contributed by atoms with van der Waals surface area (Å²) in [7, 11) is 0. The van der Waals surface area contributed by atoms with Gasteiger partial charge in [-0.3, -0.25) is 9.59 Å². The number of hydrogen-bond donors (Lipinski definition) is 2. The molecule has 7 heteroatoms. The van der Waals surface area contributed by atoms with Crippen molar-refractivity contribution in [3.05, 3.63) is 35.9 Å². The van der Waals surface area contributed by atoms with Crippen LogP contribution in [-0.4, -0.2) is 60.4 Å². The third-order valence-electron chi connectivity index (χ3n) is 3.93. The number of carbonyl (C=O) groups excluding carboxylic acids is 2. The van der Waals surface area contributed by atoms with Crippen LogP contribution in [0.1, 0.15) is 23.7 Å². The first-order chi connectivity index (χ1) is 11.1. The van der Waals surface area contributed by atoms with Crippen molar-refractivity contribution < 1.29 is 9.59 Å². The van der Waals surface area contributed by atoms with E-state index in [1.54, 1.807) is 23.9 Å². The lowest BCUT2D eigenvalue weighted by molar-refractivity contribution is -0.134. The van der Waals surface area contributed by atoms with Crippen molar-refractivity contribution in [2.75, 3.05) is 31.6 Å². The Morgan fingerprint density at radius 2 is 2.08 bits per heavy atom. The number of nitrogens with zero attached hydrogens (tertiary/aromatic N) is 1. The van der Waals surface area contributed by atoms with Gasteiger partial charge in [0.1, 0.15) is 6.04 Å². The van der Waals surface area contributed by atoms with Crippen molar-refractivity contribution in [3.8, 4) is 0 Å². The van der Waals surface area contributed by atoms with E-state index in [9.17, 15) is 9.59 Å². The van der Waals surface area contributed by atoms with Gasteiger partial charge in [-0.25, -0.2) is 0 Å². The quantitative estimate of drug-likeness (QED) is 0.800. The van der Waals surface area contributed by atoms with Crippen LogP contribution >= 0.6 is 24.2 Å². The van der Waals surface area contributed by atoms with Crippen LogP contribution in [0, 0.1) is 0 Å². The fraction of sp³-hybridized carbons (Fsp3) is 0.529. The molecule has 0 bridgehead atoms. The first-order valence-electron chi connectivity index (χ1n) is 7.99. The van der Waals surface area contributed by atoms with Crippen molar-refractivity contribution in [2.45, 2.75) is 25.4 Å².